The number of carboxylic acids is 1. The van der Waals surface area contributed by atoms with Gasteiger partial charge in [0.05, 0.1) is 17.0 Å². The third-order valence-electron chi connectivity index (χ3n) is 2.66. The van der Waals surface area contributed by atoms with Crippen LogP contribution in [0.2, 0.25) is 0 Å². The van der Waals surface area contributed by atoms with Crippen LogP contribution < -0.4 is 0 Å². The van der Waals surface area contributed by atoms with Gasteiger partial charge in [0, 0.05) is 10.0 Å². The van der Waals surface area contributed by atoms with Crippen molar-refractivity contribution in [2.45, 2.75) is 13.3 Å². The first kappa shape index (κ1) is 12.8. The van der Waals surface area contributed by atoms with Gasteiger partial charge >= 0.3 is 5.97 Å². The molecule has 0 aliphatic carbocycles. The van der Waals surface area contributed by atoms with Crippen molar-refractivity contribution >= 4 is 21.9 Å². The Labute approximate surface area is 114 Å². The lowest BCUT2D eigenvalue weighted by Gasteiger charge is -2.07. The number of aryl methyl sites for hydroxylation is 1. The predicted octanol–water partition coefficient (Wildman–Crippen LogP) is 3.77. The quantitative estimate of drug-likeness (QED) is 0.939. The molecule has 0 amide bonds. The molecule has 1 aromatic heterocycles. The van der Waals surface area contributed by atoms with Crippen molar-refractivity contribution in [3.8, 4) is 11.3 Å². The number of carbonyl (C=O) groups is 1. The maximum Gasteiger partial charge on any atom is 0.337 e. The van der Waals surface area contributed by atoms with E-state index >= 15 is 0 Å². The topological polar surface area (TPSA) is 50.2 Å². The van der Waals surface area contributed by atoms with Gasteiger partial charge in [0.15, 0.2) is 0 Å². The Bertz CT molecular complexity index is 596. The summed E-state index contributed by atoms with van der Waals surface area (Å²) < 4.78 is 0.974. The molecular formula is C14H12BrNO2. The number of carboxylic acid groups (broad SMARTS) is 1. The van der Waals surface area contributed by atoms with Crippen LogP contribution in [-0.4, -0.2) is 16.1 Å². The summed E-state index contributed by atoms with van der Waals surface area (Å²) in [7, 11) is 0. The number of aromatic carboxylic acids is 1. The maximum atomic E-state index is 11.0. The Morgan fingerprint density at radius 1 is 1.33 bits per heavy atom. The number of benzene rings is 1. The van der Waals surface area contributed by atoms with Crippen molar-refractivity contribution < 1.29 is 9.90 Å². The van der Waals surface area contributed by atoms with Gasteiger partial charge in [-0.15, -0.1) is 0 Å². The van der Waals surface area contributed by atoms with E-state index in [1.807, 2.05) is 31.2 Å². The largest absolute Gasteiger partial charge is 0.478 e. The van der Waals surface area contributed by atoms with E-state index in [1.54, 1.807) is 12.1 Å². The van der Waals surface area contributed by atoms with E-state index in [2.05, 4.69) is 20.9 Å². The standard InChI is InChI=1S/C14H12BrNO2/c1-2-12-11(14(17)18)6-7-13(16-12)9-4-3-5-10(15)8-9/h3-8H,2H2,1H3,(H,17,18). The van der Waals surface area contributed by atoms with Crippen LogP contribution in [-0.2, 0) is 6.42 Å². The molecule has 1 N–H and O–H groups in total. The molecule has 2 rings (SSSR count). The van der Waals surface area contributed by atoms with Gasteiger partial charge in [-0.05, 0) is 30.7 Å². The van der Waals surface area contributed by atoms with E-state index in [1.165, 1.54) is 0 Å². The van der Waals surface area contributed by atoms with Gasteiger partial charge in [0.1, 0.15) is 0 Å². The number of hydrogen-bond acceptors (Lipinski definition) is 2. The molecule has 1 aromatic carbocycles. The van der Waals surface area contributed by atoms with Crippen LogP contribution in [0.5, 0.6) is 0 Å². The fourth-order valence-corrected chi connectivity index (χ4v) is 2.17. The van der Waals surface area contributed by atoms with Crippen LogP contribution in [0.15, 0.2) is 40.9 Å². The Balaban J connectivity index is 2.51. The minimum Gasteiger partial charge on any atom is -0.478 e. The molecule has 0 atom stereocenters. The summed E-state index contributed by atoms with van der Waals surface area (Å²) in [5, 5.41) is 9.05. The highest BCUT2D eigenvalue weighted by Crippen LogP contribution is 2.22. The minimum atomic E-state index is -0.930. The van der Waals surface area contributed by atoms with E-state index in [4.69, 9.17) is 5.11 Å². The monoisotopic (exact) mass is 305 g/mol. The van der Waals surface area contributed by atoms with E-state index in [9.17, 15) is 4.79 Å². The first-order valence-electron chi connectivity index (χ1n) is 5.61. The molecule has 3 nitrogen and oxygen atoms in total. The third-order valence-corrected chi connectivity index (χ3v) is 3.15. The molecule has 4 heteroatoms. The number of nitrogens with zero attached hydrogens (tertiary/aromatic N) is 1. The molecule has 0 fully saturated rings. The van der Waals surface area contributed by atoms with Gasteiger partial charge in [-0.25, -0.2) is 4.79 Å². The number of hydrogen-bond donors (Lipinski definition) is 1. The Kier molecular flexibility index (Phi) is 3.77. The van der Waals surface area contributed by atoms with Gasteiger partial charge in [0.25, 0.3) is 0 Å². The number of aromatic nitrogens is 1. The van der Waals surface area contributed by atoms with Crippen molar-refractivity contribution in [2.24, 2.45) is 0 Å². The summed E-state index contributed by atoms with van der Waals surface area (Å²) in [4.78, 5) is 15.5. The molecule has 18 heavy (non-hydrogen) atoms. The van der Waals surface area contributed by atoms with Gasteiger partial charge in [-0.2, -0.15) is 0 Å². The molecule has 0 radical (unpaired) electrons. The van der Waals surface area contributed by atoms with Gasteiger partial charge < -0.3 is 5.11 Å². The minimum absolute atomic E-state index is 0.274. The normalized spacial score (nSPS) is 10.3. The summed E-state index contributed by atoms with van der Waals surface area (Å²) in [5.41, 5.74) is 2.64. The van der Waals surface area contributed by atoms with Gasteiger partial charge in [0.2, 0.25) is 0 Å². The molecule has 0 saturated heterocycles. The molecule has 0 saturated carbocycles. The van der Waals surface area contributed by atoms with Crippen molar-refractivity contribution in [3.05, 3.63) is 52.1 Å². The molecule has 92 valence electrons. The fraction of sp³-hybridized carbons (Fsp3) is 0.143. The van der Waals surface area contributed by atoms with Crippen molar-refractivity contribution in [1.82, 2.24) is 4.98 Å². The smallest absolute Gasteiger partial charge is 0.337 e. The second kappa shape index (κ2) is 5.31. The van der Waals surface area contributed by atoms with E-state index in [-0.39, 0.29) is 5.56 Å². The molecule has 0 spiro atoms. The lowest BCUT2D eigenvalue weighted by atomic mass is 10.1. The highest BCUT2D eigenvalue weighted by molar-refractivity contribution is 9.10. The SMILES string of the molecule is CCc1nc(-c2cccc(Br)c2)ccc1C(=O)O. The molecule has 0 aliphatic rings. The second-order valence-corrected chi connectivity index (χ2v) is 4.78. The highest BCUT2D eigenvalue weighted by Gasteiger charge is 2.11. The lowest BCUT2D eigenvalue weighted by molar-refractivity contribution is 0.0695. The van der Waals surface area contributed by atoms with E-state index < -0.39 is 5.97 Å². The van der Waals surface area contributed by atoms with Crippen LogP contribution in [0.25, 0.3) is 11.3 Å². The average molecular weight is 306 g/mol. The molecule has 0 unspecified atom stereocenters. The van der Waals surface area contributed by atoms with Gasteiger partial charge in [-0.1, -0.05) is 35.0 Å². The van der Waals surface area contributed by atoms with Gasteiger partial charge in [-0.3, -0.25) is 4.98 Å². The fourth-order valence-electron chi connectivity index (χ4n) is 1.77. The zero-order valence-electron chi connectivity index (χ0n) is 9.85. The molecule has 0 bridgehead atoms. The molecular weight excluding hydrogens is 294 g/mol. The molecule has 1 heterocycles. The van der Waals surface area contributed by atoms with Crippen LogP contribution >= 0.6 is 15.9 Å². The summed E-state index contributed by atoms with van der Waals surface area (Å²) in [6.07, 6.45) is 0.601. The van der Waals surface area contributed by atoms with Crippen LogP contribution in [0.1, 0.15) is 23.0 Å². The zero-order valence-corrected chi connectivity index (χ0v) is 11.4. The maximum absolute atomic E-state index is 11.0. The predicted molar refractivity (Wildman–Crippen MR) is 73.7 cm³/mol. The number of pyridine rings is 1. The second-order valence-electron chi connectivity index (χ2n) is 3.86. The number of rotatable bonds is 3. The Morgan fingerprint density at radius 3 is 2.72 bits per heavy atom. The summed E-state index contributed by atoms with van der Waals surface area (Å²) in [5.74, 6) is -0.930. The van der Waals surface area contributed by atoms with E-state index in [0.29, 0.717) is 12.1 Å². The first-order valence-corrected chi connectivity index (χ1v) is 6.40. The lowest BCUT2D eigenvalue weighted by Crippen LogP contribution is -2.04. The number of halogens is 1. The first-order chi connectivity index (χ1) is 8.61. The molecule has 0 aliphatic heterocycles. The van der Waals surface area contributed by atoms with Crippen LogP contribution in [0.4, 0.5) is 0 Å². The zero-order chi connectivity index (χ0) is 13.1. The Morgan fingerprint density at radius 2 is 2.11 bits per heavy atom. The third kappa shape index (κ3) is 2.59. The van der Waals surface area contributed by atoms with Crippen molar-refractivity contribution in [3.63, 3.8) is 0 Å². The van der Waals surface area contributed by atoms with E-state index in [0.717, 1.165) is 15.7 Å². The average Bonchev–Trinajstić information content (AvgIpc) is 2.37. The summed E-state index contributed by atoms with van der Waals surface area (Å²) >= 11 is 3.41. The van der Waals surface area contributed by atoms with Crippen molar-refractivity contribution in [2.75, 3.05) is 0 Å². The van der Waals surface area contributed by atoms with Crippen LogP contribution in [0.3, 0.4) is 0 Å². The summed E-state index contributed by atoms with van der Waals surface area (Å²) in [6, 6.07) is 11.1. The Hall–Kier alpha value is -1.68. The summed E-state index contributed by atoms with van der Waals surface area (Å²) in [6.45, 7) is 1.90. The van der Waals surface area contributed by atoms with Crippen LogP contribution in [0, 0.1) is 0 Å². The highest BCUT2D eigenvalue weighted by atomic mass is 79.9. The van der Waals surface area contributed by atoms with Crippen molar-refractivity contribution in [1.29, 1.82) is 0 Å². The molecule has 2 aromatic rings.